The van der Waals surface area contributed by atoms with Gasteiger partial charge in [-0.3, -0.25) is 0 Å². The van der Waals surface area contributed by atoms with Crippen LogP contribution in [0.5, 0.6) is 0 Å². The molecule has 0 aliphatic carbocycles. The summed E-state index contributed by atoms with van der Waals surface area (Å²) in [6.07, 6.45) is 0. The maximum atomic E-state index is 13.0. The monoisotopic (exact) mass is 463 g/mol. The zero-order chi connectivity index (χ0) is 21.7. The minimum atomic E-state index is -3.75. The van der Waals surface area contributed by atoms with Gasteiger partial charge in [0.05, 0.1) is 21.0 Å². The molecule has 30 heavy (non-hydrogen) atoms. The van der Waals surface area contributed by atoms with Crippen molar-refractivity contribution in [2.75, 3.05) is 26.0 Å². The summed E-state index contributed by atoms with van der Waals surface area (Å²) < 4.78 is 28.8. The average molecular weight is 464 g/mol. The predicted octanol–water partition coefficient (Wildman–Crippen LogP) is 5.32. The van der Waals surface area contributed by atoms with Crippen LogP contribution in [0.1, 0.15) is 11.6 Å². The molecule has 1 atom stereocenters. The van der Waals surface area contributed by atoms with E-state index in [-0.39, 0.29) is 4.90 Å². The van der Waals surface area contributed by atoms with Gasteiger partial charge in [0.2, 0.25) is 10.0 Å². The van der Waals surface area contributed by atoms with E-state index >= 15 is 0 Å². The van der Waals surface area contributed by atoms with E-state index in [2.05, 4.69) is 10.0 Å². The maximum absolute atomic E-state index is 13.0. The summed E-state index contributed by atoms with van der Waals surface area (Å²) in [6.45, 7) is 0.463. The highest BCUT2D eigenvalue weighted by Crippen LogP contribution is 2.27. The zero-order valence-electron chi connectivity index (χ0n) is 16.6. The highest BCUT2D eigenvalue weighted by molar-refractivity contribution is 7.89. The lowest BCUT2D eigenvalue weighted by atomic mass is 10.1. The predicted molar refractivity (Wildman–Crippen MR) is 124 cm³/mol. The Kier molecular flexibility index (Phi) is 7.39. The van der Waals surface area contributed by atoms with Gasteiger partial charge in [0.15, 0.2) is 0 Å². The van der Waals surface area contributed by atoms with Gasteiger partial charge in [-0.1, -0.05) is 47.5 Å². The van der Waals surface area contributed by atoms with E-state index < -0.39 is 16.1 Å². The van der Waals surface area contributed by atoms with Crippen LogP contribution in [0.2, 0.25) is 10.0 Å². The van der Waals surface area contributed by atoms with E-state index in [0.29, 0.717) is 16.6 Å². The Hall–Kier alpha value is -2.09. The molecule has 0 aliphatic rings. The summed E-state index contributed by atoms with van der Waals surface area (Å²) in [5, 5.41) is 4.05. The van der Waals surface area contributed by atoms with Crippen LogP contribution in [0.25, 0.3) is 0 Å². The molecule has 3 rings (SSSR count). The van der Waals surface area contributed by atoms with Crippen molar-refractivity contribution in [3.8, 4) is 0 Å². The highest BCUT2D eigenvalue weighted by atomic mass is 35.5. The molecule has 2 N–H and O–H groups in total. The summed E-state index contributed by atoms with van der Waals surface area (Å²) in [4.78, 5) is 2.09. The molecule has 1 unspecified atom stereocenters. The number of halogens is 2. The molecule has 0 bridgehead atoms. The van der Waals surface area contributed by atoms with E-state index in [1.54, 1.807) is 42.5 Å². The number of rotatable bonds is 8. The van der Waals surface area contributed by atoms with Crippen LogP contribution in [0.4, 0.5) is 11.4 Å². The van der Waals surface area contributed by atoms with Gasteiger partial charge >= 0.3 is 0 Å². The number of hydrogen-bond acceptors (Lipinski definition) is 4. The van der Waals surface area contributed by atoms with Gasteiger partial charge in [0, 0.05) is 17.9 Å². The SMILES string of the molecule is CN(C)CC(NS(=O)(=O)c1ccc(Nc2ccccc2)cc1)c1ccc(Cl)c(Cl)c1. The number of hydrogen-bond donors (Lipinski definition) is 2. The third-order valence-electron chi connectivity index (χ3n) is 4.42. The quantitative estimate of drug-likeness (QED) is 0.474. The molecule has 0 heterocycles. The molecule has 5 nitrogen and oxygen atoms in total. The Bertz CT molecular complexity index is 1090. The second kappa shape index (κ2) is 9.81. The van der Waals surface area contributed by atoms with Crippen molar-refractivity contribution in [1.82, 2.24) is 9.62 Å². The first-order valence-electron chi connectivity index (χ1n) is 9.29. The molecular weight excluding hydrogens is 441 g/mol. The zero-order valence-corrected chi connectivity index (χ0v) is 19.0. The number of anilines is 2. The van der Waals surface area contributed by atoms with Crippen molar-refractivity contribution >= 4 is 44.6 Å². The Morgan fingerprint density at radius 2 is 1.50 bits per heavy atom. The first-order valence-corrected chi connectivity index (χ1v) is 11.5. The maximum Gasteiger partial charge on any atom is 0.241 e. The molecule has 0 saturated carbocycles. The number of nitrogens with one attached hydrogen (secondary N) is 2. The summed E-state index contributed by atoms with van der Waals surface area (Å²) >= 11 is 12.1. The molecule has 3 aromatic rings. The van der Waals surface area contributed by atoms with Crippen LogP contribution in [0, 0.1) is 0 Å². The number of para-hydroxylation sites is 1. The molecule has 0 spiro atoms. The van der Waals surface area contributed by atoms with Crippen molar-refractivity contribution < 1.29 is 8.42 Å². The number of benzene rings is 3. The highest BCUT2D eigenvalue weighted by Gasteiger charge is 2.22. The van der Waals surface area contributed by atoms with E-state index in [4.69, 9.17) is 23.2 Å². The molecule has 8 heteroatoms. The van der Waals surface area contributed by atoms with Gasteiger partial charge in [0.1, 0.15) is 0 Å². The van der Waals surface area contributed by atoms with E-state index in [1.165, 1.54) is 0 Å². The molecule has 0 saturated heterocycles. The van der Waals surface area contributed by atoms with Crippen molar-refractivity contribution in [1.29, 1.82) is 0 Å². The van der Waals surface area contributed by atoms with Gasteiger partial charge in [-0.2, -0.15) is 0 Å². The molecule has 0 aliphatic heterocycles. The van der Waals surface area contributed by atoms with Crippen LogP contribution in [-0.4, -0.2) is 34.0 Å². The molecular formula is C22H23Cl2N3O2S. The minimum Gasteiger partial charge on any atom is -0.356 e. The number of nitrogens with zero attached hydrogens (tertiary/aromatic N) is 1. The molecule has 3 aromatic carbocycles. The van der Waals surface area contributed by atoms with Crippen molar-refractivity contribution in [3.63, 3.8) is 0 Å². The molecule has 158 valence electrons. The van der Waals surface area contributed by atoms with Crippen molar-refractivity contribution in [2.24, 2.45) is 0 Å². The first kappa shape index (κ1) is 22.6. The largest absolute Gasteiger partial charge is 0.356 e. The average Bonchev–Trinajstić information content (AvgIpc) is 2.70. The lowest BCUT2D eigenvalue weighted by molar-refractivity contribution is 0.363. The van der Waals surface area contributed by atoms with E-state index in [1.807, 2.05) is 49.3 Å². The van der Waals surface area contributed by atoms with Crippen LogP contribution in [0.3, 0.4) is 0 Å². The van der Waals surface area contributed by atoms with Gasteiger partial charge in [-0.15, -0.1) is 0 Å². The summed E-state index contributed by atoms with van der Waals surface area (Å²) in [5.74, 6) is 0. The summed E-state index contributed by atoms with van der Waals surface area (Å²) in [5.41, 5.74) is 2.47. The fourth-order valence-electron chi connectivity index (χ4n) is 2.97. The number of sulfonamides is 1. The minimum absolute atomic E-state index is 0.185. The fraction of sp³-hybridized carbons (Fsp3) is 0.182. The third kappa shape index (κ3) is 5.97. The summed E-state index contributed by atoms with van der Waals surface area (Å²) in [7, 11) is 0.00933. The van der Waals surface area contributed by atoms with Gasteiger partial charge in [0.25, 0.3) is 0 Å². The van der Waals surface area contributed by atoms with E-state index in [9.17, 15) is 8.42 Å². The second-order valence-electron chi connectivity index (χ2n) is 7.13. The Morgan fingerprint density at radius 1 is 0.867 bits per heavy atom. The number of likely N-dealkylation sites (N-methyl/N-ethyl adjacent to an activating group) is 1. The van der Waals surface area contributed by atoms with Crippen molar-refractivity contribution in [2.45, 2.75) is 10.9 Å². The normalized spacial score (nSPS) is 12.7. The molecule has 0 aromatic heterocycles. The van der Waals surface area contributed by atoms with Gasteiger partial charge in [-0.25, -0.2) is 13.1 Å². The first-order chi connectivity index (χ1) is 14.2. The third-order valence-corrected chi connectivity index (χ3v) is 6.64. The Balaban J connectivity index is 1.80. The van der Waals surface area contributed by atoms with Gasteiger partial charge in [-0.05, 0) is 68.2 Å². The van der Waals surface area contributed by atoms with Crippen LogP contribution >= 0.6 is 23.2 Å². The van der Waals surface area contributed by atoms with Crippen LogP contribution in [0.15, 0.2) is 77.7 Å². The van der Waals surface area contributed by atoms with Crippen molar-refractivity contribution in [3.05, 3.63) is 88.4 Å². The topological polar surface area (TPSA) is 61.4 Å². The second-order valence-corrected chi connectivity index (χ2v) is 9.65. The Morgan fingerprint density at radius 3 is 2.10 bits per heavy atom. The fourth-order valence-corrected chi connectivity index (χ4v) is 4.49. The molecule has 0 fully saturated rings. The lowest BCUT2D eigenvalue weighted by Crippen LogP contribution is -2.35. The Labute approximate surface area is 187 Å². The molecule has 0 radical (unpaired) electrons. The molecule has 0 amide bonds. The van der Waals surface area contributed by atoms with Gasteiger partial charge < -0.3 is 10.2 Å². The lowest BCUT2D eigenvalue weighted by Gasteiger charge is -2.23. The smallest absolute Gasteiger partial charge is 0.241 e. The standard InChI is InChI=1S/C22H23Cl2N3O2S/c1-27(2)15-22(16-8-13-20(23)21(24)14-16)26-30(28,29)19-11-9-18(10-12-19)25-17-6-4-3-5-7-17/h3-14,22,25-26H,15H2,1-2H3. The van der Waals surface area contributed by atoms with Crippen LogP contribution < -0.4 is 10.0 Å². The summed E-state index contributed by atoms with van der Waals surface area (Å²) in [6, 6.07) is 21.0. The van der Waals surface area contributed by atoms with Crippen LogP contribution in [-0.2, 0) is 10.0 Å². The van der Waals surface area contributed by atoms with E-state index in [0.717, 1.165) is 16.9 Å².